The van der Waals surface area contributed by atoms with Gasteiger partial charge in [0.15, 0.2) is 0 Å². The van der Waals surface area contributed by atoms with Gasteiger partial charge in [-0.2, -0.15) is 5.10 Å². The maximum atomic E-state index is 13.0. The van der Waals surface area contributed by atoms with E-state index in [1.54, 1.807) is 4.68 Å². The second kappa shape index (κ2) is 10.5. The van der Waals surface area contributed by atoms with E-state index < -0.39 is 0 Å². The number of amides is 2. The summed E-state index contributed by atoms with van der Waals surface area (Å²) in [6, 6.07) is 7.16. The molecule has 1 aromatic carbocycles. The van der Waals surface area contributed by atoms with Crippen LogP contribution in [0.4, 0.5) is 11.4 Å². The molecule has 8 nitrogen and oxygen atoms in total. The molecule has 3 rings (SSSR count). The lowest BCUT2D eigenvalue weighted by Gasteiger charge is -2.26. The zero-order valence-corrected chi connectivity index (χ0v) is 18.9. The average molecular weight is 428 g/mol. The van der Waals surface area contributed by atoms with Crippen molar-refractivity contribution in [1.29, 1.82) is 0 Å². The minimum atomic E-state index is -0.355. The number of aryl methyl sites for hydroxylation is 3. The quantitative estimate of drug-likeness (QED) is 0.676. The van der Waals surface area contributed by atoms with Crippen LogP contribution in [0.5, 0.6) is 0 Å². The highest BCUT2D eigenvalue weighted by Crippen LogP contribution is 2.23. The van der Waals surface area contributed by atoms with Crippen LogP contribution in [0.1, 0.15) is 42.8 Å². The van der Waals surface area contributed by atoms with E-state index in [0.717, 1.165) is 42.1 Å². The van der Waals surface area contributed by atoms with Crippen LogP contribution in [0.2, 0.25) is 0 Å². The Kier molecular flexibility index (Phi) is 7.81. The fraction of sp³-hybridized carbons (Fsp3) is 0.522. The second-order valence-electron chi connectivity index (χ2n) is 8.13. The Morgan fingerprint density at radius 2 is 1.87 bits per heavy atom. The number of nitrogens with zero attached hydrogens (tertiary/aromatic N) is 3. The molecule has 2 heterocycles. The maximum absolute atomic E-state index is 13.0. The zero-order valence-electron chi connectivity index (χ0n) is 18.9. The minimum Gasteiger partial charge on any atom is -0.379 e. The van der Waals surface area contributed by atoms with Gasteiger partial charge in [-0.1, -0.05) is 13.3 Å². The molecule has 0 aliphatic carbocycles. The predicted octanol–water partition coefficient (Wildman–Crippen LogP) is 3.06. The topological polar surface area (TPSA) is 88.5 Å². The lowest BCUT2D eigenvalue weighted by molar-refractivity contribution is -0.120. The fourth-order valence-electron chi connectivity index (χ4n) is 3.86. The van der Waals surface area contributed by atoms with Gasteiger partial charge >= 0.3 is 0 Å². The van der Waals surface area contributed by atoms with E-state index in [1.807, 2.05) is 45.0 Å². The molecule has 0 bridgehead atoms. The Labute approximate surface area is 183 Å². The third-order valence-electron chi connectivity index (χ3n) is 5.44. The number of morpholine rings is 1. The first-order valence-electron chi connectivity index (χ1n) is 10.9. The summed E-state index contributed by atoms with van der Waals surface area (Å²) in [5.41, 5.74) is 4.22. The second-order valence-corrected chi connectivity index (χ2v) is 8.13. The summed E-state index contributed by atoms with van der Waals surface area (Å²) in [5, 5.41) is 10.5. The fourth-order valence-corrected chi connectivity index (χ4v) is 3.86. The van der Waals surface area contributed by atoms with Crippen LogP contribution in [0.3, 0.4) is 0 Å². The molecule has 2 N–H and O–H groups in total. The summed E-state index contributed by atoms with van der Waals surface area (Å²) in [5.74, 6) is -0.133. The molecule has 8 heteroatoms. The van der Waals surface area contributed by atoms with Gasteiger partial charge in [-0.15, -0.1) is 0 Å². The van der Waals surface area contributed by atoms with Gasteiger partial charge in [-0.25, -0.2) is 0 Å². The van der Waals surface area contributed by atoms with Gasteiger partial charge in [0.05, 0.1) is 25.5 Å². The summed E-state index contributed by atoms with van der Waals surface area (Å²) in [6.45, 7) is 11.1. The van der Waals surface area contributed by atoms with Crippen molar-refractivity contribution in [1.82, 2.24) is 14.7 Å². The van der Waals surface area contributed by atoms with Gasteiger partial charge in [0.2, 0.25) is 11.8 Å². The zero-order chi connectivity index (χ0) is 22.4. The Bertz CT molecular complexity index is 918. The number of hydrogen-bond donors (Lipinski definition) is 2. The van der Waals surface area contributed by atoms with Crippen molar-refractivity contribution < 1.29 is 14.3 Å². The van der Waals surface area contributed by atoms with E-state index in [-0.39, 0.29) is 17.9 Å². The summed E-state index contributed by atoms with van der Waals surface area (Å²) >= 11 is 0. The average Bonchev–Trinajstić information content (AvgIpc) is 3.06. The maximum Gasteiger partial charge on any atom is 0.249 e. The predicted molar refractivity (Wildman–Crippen MR) is 121 cm³/mol. The lowest BCUT2D eigenvalue weighted by Crippen LogP contribution is -2.41. The normalized spacial score (nSPS) is 15.5. The van der Waals surface area contributed by atoms with E-state index in [1.165, 1.54) is 0 Å². The van der Waals surface area contributed by atoms with Gasteiger partial charge in [-0.3, -0.25) is 19.2 Å². The van der Waals surface area contributed by atoms with Crippen LogP contribution in [-0.2, 0) is 14.3 Å². The van der Waals surface area contributed by atoms with Crippen molar-refractivity contribution in [3.05, 3.63) is 41.2 Å². The Balaban J connectivity index is 1.63. The number of aromatic nitrogens is 2. The summed E-state index contributed by atoms with van der Waals surface area (Å²) in [6.07, 6.45) is 1.59. The van der Waals surface area contributed by atoms with E-state index in [4.69, 9.17) is 4.74 Å². The van der Waals surface area contributed by atoms with Crippen molar-refractivity contribution in [2.24, 2.45) is 0 Å². The van der Waals surface area contributed by atoms with Gasteiger partial charge in [0, 0.05) is 30.2 Å². The van der Waals surface area contributed by atoms with Crippen LogP contribution in [-0.4, -0.2) is 59.3 Å². The molecule has 2 aromatic rings. The summed E-state index contributed by atoms with van der Waals surface area (Å²) < 4.78 is 7.12. The van der Waals surface area contributed by atoms with Crippen molar-refractivity contribution >= 4 is 23.2 Å². The van der Waals surface area contributed by atoms with Crippen LogP contribution in [0.15, 0.2) is 24.3 Å². The molecule has 1 unspecified atom stereocenters. The summed E-state index contributed by atoms with van der Waals surface area (Å²) in [7, 11) is 0. The van der Waals surface area contributed by atoms with E-state index in [9.17, 15) is 9.59 Å². The molecule has 168 valence electrons. The number of benzene rings is 1. The molecule has 1 aromatic heterocycles. The standard InChI is InChI=1S/C23H33N5O3/c1-5-6-21(28-18(4)14-17(3)26-28)23(30)24-19-7-8-20(16(2)13-19)25-22(29)15-27-9-11-31-12-10-27/h7-8,13-14,21H,5-6,9-12,15H2,1-4H3,(H,24,30)(H,25,29). The van der Waals surface area contributed by atoms with Crippen LogP contribution in [0.25, 0.3) is 0 Å². The first-order valence-corrected chi connectivity index (χ1v) is 10.9. The first kappa shape index (κ1) is 23.0. The molecule has 0 saturated carbocycles. The van der Waals surface area contributed by atoms with Gasteiger partial charge in [0.25, 0.3) is 0 Å². The Morgan fingerprint density at radius 3 is 2.48 bits per heavy atom. The number of rotatable bonds is 8. The number of carbonyl (C=O) groups excluding carboxylic acids is 2. The minimum absolute atomic E-state index is 0.0469. The van der Waals surface area contributed by atoms with Crippen LogP contribution < -0.4 is 10.6 Å². The molecule has 1 aliphatic rings. The molecule has 1 saturated heterocycles. The van der Waals surface area contributed by atoms with E-state index in [0.29, 0.717) is 31.9 Å². The number of carbonyl (C=O) groups is 2. The molecule has 1 atom stereocenters. The first-order chi connectivity index (χ1) is 14.9. The molecule has 0 spiro atoms. The molecule has 1 fully saturated rings. The number of nitrogens with one attached hydrogen (secondary N) is 2. The van der Waals surface area contributed by atoms with Gasteiger partial charge in [-0.05, 0) is 57.0 Å². The Morgan fingerprint density at radius 1 is 1.13 bits per heavy atom. The van der Waals surface area contributed by atoms with Crippen molar-refractivity contribution in [2.45, 2.75) is 46.6 Å². The molecule has 1 aliphatic heterocycles. The van der Waals surface area contributed by atoms with Crippen molar-refractivity contribution in [3.63, 3.8) is 0 Å². The van der Waals surface area contributed by atoms with Crippen molar-refractivity contribution in [3.8, 4) is 0 Å². The number of anilines is 2. The molecule has 31 heavy (non-hydrogen) atoms. The lowest BCUT2D eigenvalue weighted by atomic mass is 10.1. The Hall–Kier alpha value is -2.71. The number of hydrogen-bond acceptors (Lipinski definition) is 5. The van der Waals surface area contributed by atoms with Crippen molar-refractivity contribution in [2.75, 3.05) is 43.5 Å². The highest BCUT2D eigenvalue weighted by Gasteiger charge is 2.22. The van der Waals surface area contributed by atoms with Crippen LogP contribution in [0, 0.1) is 20.8 Å². The highest BCUT2D eigenvalue weighted by atomic mass is 16.5. The summed E-state index contributed by atoms with van der Waals surface area (Å²) in [4.78, 5) is 27.5. The SMILES string of the molecule is CCCC(C(=O)Nc1ccc(NC(=O)CN2CCOCC2)c(C)c1)n1nc(C)cc1C. The van der Waals surface area contributed by atoms with Gasteiger partial charge in [0.1, 0.15) is 6.04 Å². The van der Waals surface area contributed by atoms with Gasteiger partial charge < -0.3 is 15.4 Å². The smallest absolute Gasteiger partial charge is 0.249 e. The van der Waals surface area contributed by atoms with E-state index >= 15 is 0 Å². The molecular formula is C23H33N5O3. The molecule has 2 amide bonds. The third-order valence-corrected chi connectivity index (χ3v) is 5.44. The third kappa shape index (κ3) is 6.15. The number of ether oxygens (including phenoxy) is 1. The van der Waals surface area contributed by atoms with E-state index in [2.05, 4.69) is 27.6 Å². The highest BCUT2D eigenvalue weighted by molar-refractivity contribution is 5.95. The molecular weight excluding hydrogens is 394 g/mol. The largest absolute Gasteiger partial charge is 0.379 e. The molecule has 0 radical (unpaired) electrons. The monoisotopic (exact) mass is 427 g/mol. The van der Waals surface area contributed by atoms with Crippen LogP contribution >= 0.6 is 0 Å².